The number of benzene rings is 4. The Balaban J connectivity index is 1.49. The van der Waals surface area contributed by atoms with E-state index in [4.69, 9.17) is 0 Å². The van der Waals surface area contributed by atoms with E-state index < -0.39 is 0 Å². The van der Waals surface area contributed by atoms with E-state index in [0.29, 0.717) is 0 Å². The molecule has 0 atom stereocenters. The Morgan fingerprint density at radius 1 is 0.500 bits per heavy atom. The quantitative estimate of drug-likeness (QED) is 0.303. The van der Waals surface area contributed by atoms with Gasteiger partial charge in [-0.05, 0) is 46.5 Å². The average molecular weight is 436 g/mol. The number of nitrogens with one attached hydrogen (secondary N) is 1. The highest BCUT2D eigenvalue weighted by Gasteiger charge is 2.27. The fourth-order valence-corrected chi connectivity index (χ4v) is 5.57. The third-order valence-electron chi connectivity index (χ3n) is 6.89. The Hall–Kier alpha value is -2.97. The molecule has 1 heterocycles. The molecule has 0 amide bonds. The van der Waals surface area contributed by atoms with Gasteiger partial charge in [0.2, 0.25) is 0 Å². The van der Waals surface area contributed by atoms with Crippen LogP contribution in [0.1, 0.15) is 49.9 Å². The van der Waals surface area contributed by atoms with Crippen LogP contribution >= 0.6 is 11.8 Å². The van der Waals surface area contributed by atoms with Crippen LogP contribution in [-0.2, 0) is 10.8 Å². The lowest BCUT2D eigenvalue weighted by Gasteiger charge is -2.30. The van der Waals surface area contributed by atoms with Crippen LogP contribution in [0.4, 0.5) is 11.4 Å². The Labute approximate surface area is 195 Å². The predicted molar refractivity (Wildman–Crippen MR) is 137 cm³/mol. The van der Waals surface area contributed by atoms with Gasteiger partial charge in [-0.25, -0.2) is 0 Å². The molecule has 0 saturated carbocycles. The zero-order chi connectivity index (χ0) is 22.3. The molecule has 0 unspecified atom stereocenters. The van der Waals surface area contributed by atoms with Gasteiger partial charge in [0.05, 0.1) is 11.4 Å². The third-order valence-corrected chi connectivity index (χ3v) is 8.00. The summed E-state index contributed by atoms with van der Waals surface area (Å²) in [5, 5.41) is 3.66. The summed E-state index contributed by atoms with van der Waals surface area (Å²) in [7, 11) is 0. The first-order valence-corrected chi connectivity index (χ1v) is 12.0. The maximum Gasteiger partial charge on any atom is 0.0526 e. The van der Waals surface area contributed by atoms with Crippen LogP contribution in [0.25, 0.3) is 0 Å². The molecular weight excluding hydrogens is 406 g/mol. The average Bonchev–Trinajstić information content (AvgIpc) is 2.83. The number of rotatable bonds is 4. The van der Waals surface area contributed by atoms with Crippen LogP contribution in [0.3, 0.4) is 0 Å². The van der Waals surface area contributed by atoms with E-state index in [1.54, 1.807) is 0 Å². The van der Waals surface area contributed by atoms with E-state index >= 15 is 0 Å². The van der Waals surface area contributed by atoms with Crippen molar-refractivity contribution in [2.24, 2.45) is 0 Å². The molecule has 5 rings (SSSR count). The number of hydrogen-bond acceptors (Lipinski definition) is 2. The molecule has 0 spiro atoms. The smallest absolute Gasteiger partial charge is 0.0526 e. The minimum Gasteiger partial charge on any atom is -0.354 e. The van der Waals surface area contributed by atoms with Gasteiger partial charge in [0.15, 0.2) is 0 Å². The highest BCUT2D eigenvalue weighted by atomic mass is 32.2. The minimum absolute atomic E-state index is 0.0473. The van der Waals surface area contributed by atoms with E-state index in [0.717, 1.165) is 0 Å². The summed E-state index contributed by atoms with van der Waals surface area (Å²) in [5.41, 5.74) is 7.61. The molecule has 0 bridgehead atoms. The summed E-state index contributed by atoms with van der Waals surface area (Å²) in [5.74, 6) is 0. The molecule has 1 nitrogen and oxygen atoms in total. The maximum absolute atomic E-state index is 3.66. The van der Waals surface area contributed by atoms with Crippen molar-refractivity contribution < 1.29 is 0 Å². The lowest BCUT2D eigenvalue weighted by molar-refractivity contribution is 0.638. The lowest BCUT2D eigenvalue weighted by Crippen LogP contribution is -2.19. The fourth-order valence-electron chi connectivity index (χ4n) is 4.50. The number of anilines is 2. The minimum atomic E-state index is -0.0473. The van der Waals surface area contributed by atoms with Crippen molar-refractivity contribution in [1.29, 1.82) is 0 Å². The van der Waals surface area contributed by atoms with Crippen molar-refractivity contribution in [3.05, 3.63) is 119 Å². The summed E-state index contributed by atoms with van der Waals surface area (Å²) >= 11 is 1.87. The summed E-state index contributed by atoms with van der Waals surface area (Å²) in [4.78, 5) is 2.57. The molecule has 0 aromatic heterocycles. The van der Waals surface area contributed by atoms with Gasteiger partial charge in [-0.2, -0.15) is 0 Å². The molecule has 160 valence electrons. The highest BCUT2D eigenvalue weighted by Crippen LogP contribution is 2.47. The normalized spacial score (nSPS) is 13.1. The lowest BCUT2D eigenvalue weighted by atomic mass is 9.78. The van der Waals surface area contributed by atoms with Gasteiger partial charge in [0.1, 0.15) is 0 Å². The zero-order valence-corrected chi connectivity index (χ0v) is 20.0. The van der Waals surface area contributed by atoms with E-state index in [2.05, 4.69) is 130 Å². The molecule has 1 aliphatic rings. The monoisotopic (exact) mass is 435 g/mol. The van der Waals surface area contributed by atoms with Crippen LogP contribution in [0.5, 0.6) is 0 Å². The molecule has 4 aromatic rings. The van der Waals surface area contributed by atoms with E-state index in [1.807, 2.05) is 11.8 Å². The van der Waals surface area contributed by atoms with E-state index in [1.165, 1.54) is 43.4 Å². The molecule has 0 radical (unpaired) electrons. The first kappa shape index (κ1) is 20.9. The zero-order valence-electron chi connectivity index (χ0n) is 19.1. The van der Waals surface area contributed by atoms with Crippen molar-refractivity contribution in [3.63, 3.8) is 0 Å². The van der Waals surface area contributed by atoms with Gasteiger partial charge in [0.25, 0.3) is 0 Å². The topological polar surface area (TPSA) is 12.0 Å². The number of fused-ring (bicyclic) bond motifs is 2. The Morgan fingerprint density at radius 2 is 0.906 bits per heavy atom. The second-order valence-electron chi connectivity index (χ2n) is 9.63. The van der Waals surface area contributed by atoms with E-state index in [-0.39, 0.29) is 10.8 Å². The Kier molecular flexibility index (Phi) is 5.14. The first-order chi connectivity index (χ1) is 15.4. The molecule has 1 aliphatic heterocycles. The van der Waals surface area contributed by atoms with Gasteiger partial charge in [-0.1, -0.05) is 112 Å². The largest absolute Gasteiger partial charge is 0.354 e. The molecule has 0 fully saturated rings. The third kappa shape index (κ3) is 3.63. The van der Waals surface area contributed by atoms with Crippen LogP contribution in [0, 0.1) is 0 Å². The molecule has 4 aromatic carbocycles. The van der Waals surface area contributed by atoms with Gasteiger partial charge < -0.3 is 5.32 Å². The SMILES string of the molecule is CC(C)(c1ccccc1)c1ccc2c(c1)Sc1cc(C(C)(C)c3ccccc3)ccc1N2. The van der Waals surface area contributed by atoms with Crippen molar-refractivity contribution >= 4 is 23.1 Å². The second-order valence-corrected chi connectivity index (χ2v) is 10.7. The van der Waals surface area contributed by atoms with Crippen LogP contribution in [0.2, 0.25) is 0 Å². The predicted octanol–water partition coefficient (Wildman–Crippen LogP) is 8.55. The van der Waals surface area contributed by atoms with Crippen molar-refractivity contribution in [1.82, 2.24) is 0 Å². The van der Waals surface area contributed by atoms with Crippen LogP contribution < -0.4 is 5.32 Å². The second kappa shape index (κ2) is 7.86. The summed E-state index contributed by atoms with van der Waals surface area (Å²) in [6.45, 7) is 9.22. The molecular formula is C30H29NS. The summed E-state index contributed by atoms with van der Waals surface area (Å²) < 4.78 is 0. The number of hydrogen-bond donors (Lipinski definition) is 1. The molecule has 1 N–H and O–H groups in total. The maximum atomic E-state index is 3.66. The summed E-state index contributed by atoms with van der Waals surface area (Å²) in [6, 6.07) is 35.2. The van der Waals surface area contributed by atoms with Crippen molar-refractivity contribution in [3.8, 4) is 0 Å². The van der Waals surface area contributed by atoms with Gasteiger partial charge >= 0.3 is 0 Å². The Morgan fingerprint density at radius 3 is 1.31 bits per heavy atom. The van der Waals surface area contributed by atoms with Gasteiger partial charge in [-0.15, -0.1) is 0 Å². The van der Waals surface area contributed by atoms with Crippen LogP contribution in [0.15, 0.2) is 107 Å². The summed E-state index contributed by atoms with van der Waals surface area (Å²) in [6.07, 6.45) is 0. The molecule has 2 heteroatoms. The molecule has 0 saturated heterocycles. The van der Waals surface area contributed by atoms with Gasteiger partial charge in [-0.3, -0.25) is 0 Å². The molecule has 0 aliphatic carbocycles. The van der Waals surface area contributed by atoms with Crippen LogP contribution in [-0.4, -0.2) is 0 Å². The van der Waals surface area contributed by atoms with E-state index in [9.17, 15) is 0 Å². The van der Waals surface area contributed by atoms with Crippen molar-refractivity contribution in [2.45, 2.75) is 48.3 Å². The molecule has 32 heavy (non-hydrogen) atoms. The Bertz CT molecular complexity index is 1160. The van der Waals surface area contributed by atoms with Crippen molar-refractivity contribution in [2.75, 3.05) is 5.32 Å². The first-order valence-electron chi connectivity index (χ1n) is 11.2. The standard InChI is InChI=1S/C30H29NS/c1-29(2,21-11-7-5-8-12-21)23-15-17-25-27(19-23)32-28-20-24(16-18-26(28)31-25)30(3,4)22-13-9-6-10-14-22/h5-20,31H,1-4H3. The van der Waals surface area contributed by atoms with Gasteiger partial charge in [0, 0.05) is 20.6 Å². The highest BCUT2D eigenvalue weighted by molar-refractivity contribution is 7.99. The fraction of sp³-hybridized carbons (Fsp3) is 0.200.